The average molecular weight is 313 g/mol. The van der Waals surface area contributed by atoms with Crippen LogP contribution in [0.15, 0.2) is 36.0 Å². The monoisotopic (exact) mass is 313 g/mol. The maximum absolute atomic E-state index is 12.2. The summed E-state index contributed by atoms with van der Waals surface area (Å²) in [5.41, 5.74) is 3.00. The van der Waals surface area contributed by atoms with Crippen LogP contribution in [0.1, 0.15) is 32.8 Å². The number of carbonyl (C=O) groups is 2. The molecule has 0 spiro atoms. The highest BCUT2D eigenvalue weighted by Gasteiger charge is 2.41. The molecular weight excluding hydrogens is 290 g/mol. The van der Waals surface area contributed by atoms with Crippen LogP contribution in [0.3, 0.4) is 0 Å². The van der Waals surface area contributed by atoms with Gasteiger partial charge in [0.25, 0.3) is 0 Å². The SMILES string of the molecule is C[C@@H]1C[C@H]1C(=O)OCC(=O)/C=C1/N(C)c2ccccc2C1(C)C. The molecule has 1 aliphatic carbocycles. The number of carbonyl (C=O) groups excluding carboxylic acids is 2. The van der Waals surface area contributed by atoms with Crippen LogP contribution in [-0.2, 0) is 19.7 Å². The Morgan fingerprint density at radius 2 is 2.00 bits per heavy atom. The van der Waals surface area contributed by atoms with Gasteiger partial charge in [-0.15, -0.1) is 0 Å². The van der Waals surface area contributed by atoms with E-state index < -0.39 is 0 Å². The van der Waals surface area contributed by atoms with Crippen LogP contribution in [0.5, 0.6) is 0 Å². The number of para-hydroxylation sites is 1. The predicted molar refractivity (Wildman–Crippen MR) is 89.2 cm³/mol. The lowest BCUT2D eigenvalue weighted by molar-refractivity contribution is -0.148. The average Bonchev–Trinajstić information content (AvgIpc) is 3.22. The fourth-order valence-corrected chi connectivity index (χ4v) is 3.35. The highest BCUT2D eigenvalue weighted by atomic mass is 16.5. The summed E-state index contributed by atoms with van der Waals surface area (Å²) in [6, 6.07) is 8.15. The minimum atomic E-state index is -0.244. The molecule has 1 heterocycles. The van der Waals surface area contributed by atoms with Crippen LogP contribution >= 0.6 is 0 Å². The van der Waals surface area contributed by atoms with Crippen molar-refractivity contribution in [2.45, 2.75) is 32.6 Å². The first-order valence-corrected chi connectivity index (χ1v) is 8.07. The third-order valence-corrected chi connectivity index (χ3v) is 5.01. The summed E-state index contributed by atoms with van der Waals surface area (Å²) in [6.07, 6.45) is 2.49. The van der Waals surface area contributed by atoms with Gasteiger partial charge in [0.15, 0.2) is 12.4 Å². The van der Waals surface area contributed by atoms with E-state index in [9.17, 15) is 9.59 Å². The molecule has 3 rings (SSSR count). The summed E-state index contributed by atoms with van der Waals surface area (Å²) in [5.74, 6) is -0.0309. The van der Waals surface area contributed by atoms with Crippen LogP contribution in [0, 0.1) is 11.8 Å². The van der Waals surface area contributed by atoms with Crippen molar-refractivity contribution >= 4 is 17.4 Å². The summed E-state index contributed by atoms with van der Waals surface area (Å²) in [7, 11) is 1.96. The molecule has 122 valence electrons. The Morgan fingerprint density at radius 1 is 1.35 bits per heavy atom. The zero-order valence-corrected chi connectivity index (χ0v) is 14.1. The largest absolute Gasteiger partial charge is 0.457 e. The molecule has 0 radical (unpaired) electrons. The first-order chi connectivity index (χ1) is 10.8. The fraction of sp³-hybridized carbons (Fsp3) is 0.474. The van der Waals surface area contributed by atoms with E-state index in [4.69, 9.17) is 4.74 Å². The summed E-state index contributed by atoms with van der Waals surface area (Å²) in [4.78, 5) is 26.0. The molecule has 4 heteroatoms. The summed E-state index contributed by atoms with van der Waals surface area (Å²) in [6.45, 7) is 6.05. The van der Waals surface area contributed by atoms with Crippen LogP contribution in [0.25, 0.3) is 0 Å². The zero-order chi connectivity index (χ0) is 16.8. The molecule has 0 bridgehead atoms. The lowest BCUT2D eigenvalue weighted by atomic mass is 9.83. The maximum Gasteiger partial charge on any atom is 0.309 e. The Hall–Kier alpha value is -2.10. The lowest BCUT2D eigenvalue weighted by Gasteiger charge is -2.23. The standard InChI is InChI=1S/C19H23NO3/c1-12-9-14(12)18(22)23-11-13(21)10-17-19(2,3)15-7-5-6-8-16(15)20(17)4/h5-8,10,12,14H,9,11H2,1-4H3/b17-10+/t12-,14-/m1/s1. The number of rotatable bonds is 4. The second-order valence-corrected chi connectivity index (χ2v) is 7.12. The fourth-order valence-electron chi connectivity index (χ4n) is 3.35. The number of esters is 1. The van der Waals surface area contributed by atoms with Crippen molar-refractivity contribution < 1.29 is 14.3 Å². The molecule has 0 N–H and O–H groups in total. The van der Waals surface area contributed by atoms with Crippen LogP contribution < -0.4 is 4.90 Å². The van der Waals surface area contributed by atoms with E-state index in [0.717, 1.165) is 17.8 Å². The number of anilines is 1. The number of ketones is 1. The molecule has 1 saturated carbocycles. The van der Waals surface area contributed by atoms with E-state index in [1.165, 1.54) is 5.56 Å². The molecule has 2 atom stereocenters. The summed E-state index contributed by atoms with van der Waals surface area (Å²) >= 11 is 0. The topological polar surface area (TPSA) is 46.6 Å². The van der Waals surface area contributed by atoms with Gasteiger partial charge in [-0.1, -0.05) is 39.0 Å². The molecule has 0 amide bonds. The maximum atomic E-state index is 12.2. The van der Waals surface area contributed by atoms with Gasteiger partial charge in [-0.2, -0.15) is 0 Å². The van der Waals surface area contributed by atoms with Gasteiger partial charge in [-0.05, 0) is 24.0 Å². The van der Waals surface area contributed by atoms with Crippen LogP contribution in [-0.4, -0.2) is 25.4 Å². The number of hydrogen-bond acceptors (Lipinski definition) is 4. The Bertz CT molecular complexity index is 690. The Morgan fingerprint density at radius 3 is 2.61 bits per heavy atom. The van der Waals surface area contributed by atoms with Gasteiger partial charge in [0.1, 0.15) is 0 Å². The van der Waals surface area contributed by atoms with Gasteiger partial charge in [0.2, 0.25) is 0 Å². The third-order valence-electron chi connectivity index (χ3n) is 5.01. The normalized spacial score (nSPS) is 26.1. The van der Waals surface area contributed by atoms with Crippen LogP contribution in [0.2, 0.25) is 0 Å². The van der Waals surface area contributed by atoms with Crippen molar-refractivity contribution in [1.29, 1.82) is 0 Å². The molecule has 1 aromatic rings. The van der Waals surface area contributed by atoms with Gasteiger partial charge < -0.3 is 9.64 Å². The van der Waals surface area contributed by atoms with Crippen LogP contribution in [0.4, 0.5) is 5.69 Å². The summed E-state index contributed by atoms with van der Waals surface area (Å²) in [5, 5.41) is 0. The van der Waals surface area contributed by atoms with Gasteiger partial charge in [0.05, 0.1) is 5.92 Å². The molecular formula is C19H23NO3. The number of hydrogen-bond donors (Lipinski definition) is 0. The third kappa shape index (κ3) is 2.78. The molecule has 1 aliphatic heterocycles. The van der Waals surface area contributed by atoms with Crippen molar-refractivity contribution in [2.75, 3.05) is 18.6 Å². The van der Waals surface area contributed by atoms with Gasteiger partial charge in [-0.25, -0.2) is 0 Å². The molecule has 2 aliphatic rings. The molecule has 4 nitrogen and oxygen atoms in total. The van der Waals surface area contributed by atoms with E-state index in [1.54, 1.807) is 6.08 Å². The number of nitrogens with zero attached hydrogens (tertiary/aromatic N) is 1. The minimum Gasteiger partial charge on any atom is -0.457 e. The van der Waals surface area contributed by atoms with Gasteiger partial charge >= 0.3 is 5.97 Å². The quantitative estimate of drug-likeness (QED) is 0.633. The summed E-state index contributed by atoms with van der Waals surface area (Å²) < 4.78 is 5.14. The van der Waals surface area contributed by atoms with Crippen molar-refractivity contribution in [3.8, 4) is 0 Å². The van der Waals surface area contributed by atoms with E-state index in [1.807, 2.05) is 31.0 Å². The molecule has 0 aromatic heterocycles. The second kappa shape index (κ2) is 5.52. The van der Waals surface area contributed by atoms with E-state index in [-0.39, 0.29) is 29.7 Å². The zero-order valence-electron chi connectivity index (χ0n) is 14.1. The van der Waals surface area contributed by atoms with E-state index >= 15 is 0 Å². The van der Waals surface area contributed by atoms with Crippen molar-refractivity contribution in [1.82, 2.24) is 0 Å². The first kappa shape index (κ1) is 15.8. The number of benzene rings is 1. The Kier molecular flexibility index (Phi) is 3.78. The number of ether oxygens (including phenoxy) is 1. The highest BCUT2D eigenvalue weighted by molar-refractivity contribution is 5.94. The molecule has 0 saturated heterocycles. The number of fused-ring (bicyclic) bond motifs is 1. The minimum absolute atomic E-state index is 0.00898. The van der Waals surface area contributed by atoms with Crippen molar-refractivity contribution in [3.63, 3.8) is 0 Å². The number of allylic oxidation sites excluding steroid dienone is 1. The Labute approximate surface area is 137 Å². The highest BCUT2D eigenvalue weighted by Crippen LogP contribution is 2.46. The second-order valence-electron chi connectivity index (χ2n) is 7.12. The Balaban J connectivity index is 1.72. The van der Waals surface area contributed by atoms with E-state index in [2.05, 4.69) is 26.0 Å². The molecule has 0 unspecified atom stereocenters. The van der Waals surface area contributed by atoms with E-state index in [0.29, 0.717) is 5.92 Å². The van der Waals surface area contributed by atoms with Gasteiger partial charge in [0, 0.05) is 29.9 Å². The molecule has 1 fully saturated rings. The smallest absolute Gasteiger partial charge is 0.309 e. The molecule has 23 heavy (non-hydrogen) atoms. The number of likely N-dealkylation sites (N-methyl/N-ethyl adjacent to an activating group) is 1. The lowest BCUT2D eigenvalue weighted by Crippen LogP contribution is -2.25. The van der Waals surface area contributed by atoms with Crippen molar-refractivity contribution in [3.05, 3.63) is 41.6 Å². The molecule has 1 aromatic carbocycles. The first-order valence-electron chi connectivity index (χ1n) is 8.07. The van der Waals surface area contributed by atoms with Crippen molar-refractivity contribution in [2.24, 2.45) is 11.8 Å². The predicted octanol–water partition coefficient (Wildman–Crippen LogP) is 3.07. The van der Waals surface area contributed by atoms with Gasteiger partial charge in [-0.3, -0.25) is 9.59 Å².